The number of carbonyl (C=O) groups excluding carboxylic acids is 3. The Balaban J connectivity index is 1.68. The lowest BCUT2D eigenvalue weighted by molar-refractivity contribution is -0.145. The summed E-state index contributed by atoms with van der Waals surface area (Å²) in [7, 11) is 0. The van der Waals surface area contributed by atoms with Gasteiger partial charge in [-0.25, -0.2) is 0 Å². The van der Waals surface area contributed by atoms with Crippen LogP contribution in [0.2, 0.25) is 0 Å². The summed E-state index contributed by atoms with van der Waals surface area (Å²) in [5.41, 5.74) is 1.39. The van der Waals surface area contributed by atoms with E-state index in [0.29, 0.717) is 19.3 Å². The molecular formula is C30H41N3O5. The zero-order chi connectivity index (χ0) is 27.4. The van der Waals surface area contributed by atoms with Gasteiger partial charge in [-0.2, -0.15) is 0 Å². The Hall–Kier alpha value is -3.39. The van der Waals surface area contributed by atoms with Crippen LogP contribution in [0.3, 0.4) is 0 Å². The van der Waals surface area contributed by atoms with Crippen LogP contribution in [0.1, 0.15) is 63.4 Å². The topological polar surface area (TPSA) is 121 Å². The van der Waals surface area contributed by atoms with Gasteiger partial charge in [0.2, 0.25) is 11.8 Å². The zero-order valence-corrected chi connectivity index (χ0v) is 22.2. The average molecular weight is 524 g/mol. The largest absolute Gasteiger partial charge is 0.463 e. The molecule has 4 N–H and O–H groups in total. The van der Waals surface area contributed by atoms with Gasteiger partial charge in [0, 0.05) is 29.9 Å². The molecule has 206 valence electrons. The fraction of sp³-hybridized carbons (Fsp3) is 0.500. The lowest BCUT2D eigenvalue weighted by atomic mass is 9.95. The first-order chi connectivity index (χ1) is 18.4. The molecule has 1 aliphatic rings. The summed E-state index contributed by atoms with van der Waals surface area (Å²) in [4.78, 5) is 41.7. The Bertz CT molecular complexity index is 1100. The molecule has 0 radical (unpaired) electrons. The van der Waals surface area contributed by atoms with Crippen molar-refractivity contribution in [1.29, 1.82) is 0 Å². The zero-order valence-electron chi connectivity index (χ0n) is 22.2. The van der Waals surface area contributed by atoms with E-state index in [-0.39, 0.29) is 43.8 Å². The smallest absolute Gasteiger partial charge is 0.305 e. The molecule has 0 aliphatic heterocycles. The van der Waals surface area contributed by atoms with Crippen molar-refractivity contribution < 1.29 is 24.2 Å². The molecular weight excluding hydrogens is 482 g/mol. The van der Waals surface area contributed by atoms with E-state index in [2.05, 4.69) is 28.8 Å². The second-order valence-electron chi connectivity index (χ2n) is 10.3. The second-order valence-corrected chi connectivity index (χ2v) is 10.3. The van der Waals surface area contributed by atoms with E-state index in [1.165, 1.54) is 0 Å². The number of carbonyl (C=O) groups is 3. The highest BCUT2D eigenvalue weighted by Gasteiger charge is 2.35. The summed E-state index contributed by atoms with van der Waals surface area (Å²) in [5, 5.41) is 16.9. The number of aliphatic hydroxyl groups excluding tert-OH is 1. The van der Waals surface area contributed by atoms with E-state index < -0.39 is 17.5 Å². The van der Waals surface area contributed by atoms with Gasteiger partial charge in [0.1, 0.15) is 6.61 Å². The van der Waals surface area contributed by atoms with E-state index in [4.69, 9.17) is 4.74 Å². The van der Waals surface area contributed by atoms with E-state index in [0.717, 1.165) is 48.6 Å². The number of aromatic nitrogens is 1. The van der Waals surface area contributed by atoms with Crippen LogP contribution in [0.15, 0.2) is 55.8 Å². The Morgan fingerprint density at radius 3 is 2.63 bits per heavy atom. The van der Waals surface area contributed by atoms with Gasteiger partial charge >= 0.3 is 5.97 Å². The number of aromatic amines is 1. The molecule has 3 rings (SSSR count). The third kappa shape index (κ3) is 8.31. The number of rotatable bonds is 16. The fourth-order valence-corrected chi connectivity index (χ4v) is 5.12. The molecule has 2 amide bonds. The highest BCUT2D eigenvalue weighted by atomic mass is 16.5. The van der Waals surface area contributed by atoms with Gasteiger partial charge in [-0.1, -0.05) is 43.2 Å². The summed E-state index contributed by atoms with van der Waals surface area (Å²) in [5.74, 6) is -1.50. The second kappa shape index (κ2) is 14.5. The number of nitrogens with one attached hydrogen (secondary N) is 3. The predicted molar refractivity (Wildman–Crippen MR) is 148 cm³/mol. The molecule has 0 bridgehead atoms. The maximum absolute atomic E-state index is 13.4. The van der Waals surface area contributed by atoms with Crippen LogP contribution < -0.4 is 10.6 Å². The first-order valence-electron chi connectivity index (χ1n) is 13.5. The van der Waals surface area contributed by atoms with Crippen LogP contribution in [0, 0.1) is 5.92 Å². The maximum atomic E-state index is 13.4. The van der Waals surface area contributed by atoms with E-state index in [1.54, 1.807) is 12.2 Å². The van der Waals surface area contributed by atoms with Crippen molar-refractivity contribution in [3.8, 4) is 0 Å². The van der Waals surface area contributed by atoms with Crippen molar-refractivity contribution in [2.75, 3.05) is 13.2 Å². The van der Waals surface area contributed by atoms with Crippen LogP contribution in [-0.2, 0) is 25.5 Å². The molecule has 2 aromatic rings. The number of esters is 1. The van der Waals surface area contributed by atoms with Crippen molar-refractivity contribution in [1.82, 2.24) is 15.6 Å². The number of allylic oxidation sites excluding steroid dienone is 2. The molecule has 0 spiro atoms. The molecule has 1 aromatic heterocycles. The molecule has 1 saturated carbocycles. The number of fused-ring (bicyclic) bond motifs is 1. The van der Waals surface area contributed by atoms with Gasteiger partial charge < -0.3 is 25.5 Å². The molecule has 38 heavy (non-hydrogen) atoms. The number of ether oxygens (including phenoxy) is 1. The normalized spacial score (nSPS) is 15.9. The number of hydrogen-bond acceptors (Lipinski definition) is 5. The third-order valence-corrected chi connectivity index (χ3v) is 7.24. The standard InChI is InChI=1S/C30H41N3O5/c1-3-5-6-14-28(36)38-20-24(17-23-19-31-26-13-8-7-12-25(23)26)32-29(37)22(11-4-2)18-27(35)33-30(21-34)15-9-10-16-30/h3-4,7-8,12-13,19,22,24,31,34H,1-2,5-6,9-11,14-18,20-21H2,(H,32,37)(H,33,35)/t22-,24-/m0/s1. The molecule has 0 unspecified atom stereocenters. The molecule has 0 saturated heterocycles. The summed E-state index contributed by atoms with van der Waals surface area (Å²) < 4.78 is 5.52. The molecule has 1 aromatic carbocycles. The van der Waals surface area contributed by atoms with Crippen molar-refractivity contribution >= 4 is 28.7 Å². The minimum absolute atomic E-state index is 0.0131. The van der Waals surface area contributed by atoms with Gasteiger partial charge in [-0.05, 0) is 50.2 Å². The fourth-order valence-electron chi connectivity index (χ4n) is 5.12. The van der Waals surface area contributed by atoms with Gasteiger partial charge in [-0.15, -0.1) is 13.2 Å². The van der Waals surface area contributed by atoms with Crippen molar-refractivity contribution in [3.05, 3.63) is 61.3 Å². The first-order valence-corrected chi connectivity index (χ1v) is 13.5. The van der Waals surface area contributed by atoms with Crippen LogP contribution in [0.25, 0.3) is 10.9 Å². The van der Waals surface area contributed by atoms with Gasteiger partial charge in [-0.3, -0.25) is 14.4 Å². The minimum Gasteiger partial charge on any atom is -0.463 e. The Morgan fingerprint density at radius 2 is 1.92 bits per heavy atom. The van der Waals surface area contributed by atoms with Gasteiger partial charge in [0.15, 0.2) is 0 Å². The highest BCUT2D eigenvalue weighted by molar-refractivity contribution is 5.87. The van der Waals surface area contributed by atoms with Crippen molar-refractivity contribution in [3.63, 3.8) is 0 Å². The average Bonchev–Trinajstić information content (AvgIpc) is 3.54. The maximum Gasteiger partial charge on any atom is 0.305 e. The lowest BCUT2D eigenvalue weighted by Gasteiger charge is -2.29. The lowest BCUT2D eigenvalue weighted by Crippen LogP contribution is -2.50. The predicted octanol–water partition coefficient (Wildman–Crippen LogP) is 4.10. The van der Waals surface area contributed by atoms with Gasteiger partial charge in [0.25, 0.3) is 0 Å². The number of hydrogen-bond donors (Lipinski definition) is 4. The quantitative estimate of drug-likeness (QED) is 0.150. The Morgan fingerprint density at radius 1 is 1.16 bits per heavy atom. The number of amides is 2. The SMILES string of the molecule is C=CCCCC(=O)OC[C@H](Cc1c[nH]c2ccccc12)NC(=O)[C@@H](CC=C)CC(=O)NC1(CO)CCCC1. The van der Waals surface area contributed by atoms with E-state index in [1.807, 2.05) is 30.5 Å². The minimum atomic E-state index is -0.626. The number of benzene rings is 1. The summed E-state index contributed by atoms with van der Waals surface area (Å²) >= 11 is 0. The van der Waals surface area contributed by atoms with Crippen LogP contribution in [0.5, 0.6) is 0 Å². The Labute approximate surface area is 224 Å². The first kappa shape index (κ1) is 29.2. The molecule has 8 nitrogen and oxygen atoms in total. The summed E-state index contributed by atoms with van der Waals surface area (Å²) in [6, 6.07) is 7.42. The summed E-state index contributed by atoms with van der Waals surface area (Å²) in [6.45, 7) is 7.35. The molecule has 2 atom stereocenters. The van der Waals surface area contributed by atoms with Crippen LogP contribution in [0.4, 0.5) is 0 Å². The van der Waals surface area contributed by atoms with Crippen LogP contribution >= 0.6 is 0 Å². The number of H-pyrrole nitrogens is 1. The Kier molecular flexibility index (Phi) is 11.1. The van der Waals surface area contributed by atoms with E-state index >= 15 is 0 Å². The van der Waals surface area contributed by atoms with Crippen LogP contribution in [-0.4, -0.2) is 52.7 Å². The molecule has 1 fully saturated rings. The number of aliphatic hydroxyl groups is 1. The van der Waals surface area contributed by atoms with Crippen molar-refractivity contribution in [2.45, 2.75) is 75.8 Å². The molecule has 1 aliphatic carbocycles. The summed E-state index contributed by atoms with van der Waals surface area (Å²) in [6.07, 6.45) is 11.1. The monoisotopic (exact) mass is 523 g/mol. The highest BCUT2D eigenvalue weighted by Crippen LogP contribution is 2.29. The number of unbranched alkanes of at least 4 members (excludes halogenated alkanes) is 1. The molecule has 1 heterocycles. The third-order valence-electron chi connectivity index (χ3n) is 7.24. The van der Waals surface area contributed by atoms with Gasteiger partial charge in [0.05, 0.1) is 24.1 Å². The van der Waals surface area contributed by atoms with Crippen molar-refractivity contribution in [2.24, 2.45) is 5.92 Å². The molecule has 8 heteroatoms. The van der Waals surface area contributed by atoms with E-state index in [9.17, 15) is 19.5 Å². The number of para-hydroxylation sites is 1.